The number of carbonyl (C=O) groups is 4. The summed E-state index contributed by atoms with van der Waals surface area (Å²) in [6.45, 7) is 0.308. The average Bonchev–Trinajstić information content (AvgIpc) is 3.23. The second kappa shape index (κ2) is 8.80. The highest BCUT2D eigenvalue weighted by Gasteiger charge is 2.33. The molecule has 2 atom stereocenters. The molecule has 10 nitrogen and oxygen atoms in total. The van der Waals surface area contributed by atoms with Crippen molar-refractivity contribution in [3.63, 3.8) is 0 Å². The lowest BCUT2D eigenvalue weighted by atomic mass is 10.0. The summed E-state index contributed by atoms with van der Waals surface area (Å²) in [5, 5.41) is 13.7. The Morgan fingerprint density at radius 2 is 2.00 bits per heavy atom. The molecule has 28 heavy (non-hydrogen) atoms. The quantitative estimate of drug-likeness (QED) is 0.514. The van der Waals surface area contributed by atoms with E-state index in [1.807, 2.05) is 18.2 Å². The standard InChI is InChI=1S/C18H19N5O5/c24-15-13(6-8-19-17(15)26)21-16(25)14(12-7-9-20-23-12)22-18(27)28-10-11-4-2-1-3-5-11/h1-5,7,9,13-14H,6,8,10H2,(H,19,26)(H,20,23)(H,21,25)(H,22,27). The molecule has 0 radical (unpaired) electrons. The van der Waals surface area contributed by atoms with Crippen molar-refractivity contribution in [1.82, 2.24) is 26.1 Å². The summed E-state index contributed by atoms with van der Waals surface area (Å²) in [5.41, 5.74) is 1.10. The summed E-state index contributed by atoms with van der Waals surface area (Å²) >= 11 is 0. The zero-order chi connectivity index (χ0) is 19.9. The van der Waals surface area contributed by atoms with Gasteiger partial charge in [0.25, 0.3) is 5.91 Å². The fraction of sp³-hybridized carbons (Fsp3) is 0.278. The molecule has 1 aliphatic heterocycles. The van der Waals surface area contributed by atoms with Crippen LogP contribution in [0.2, 0.25) is 0 Å². The molecule has 10 heteroatoms. The van der Waals surface area contributed by atoms with Gasteiger partial charge in [-0.05, 0) is 18.1 Å². The number of nitrogens with zero attached hydrogens (tertiary/aromatic N) is 1. The number of nitrogens with one attached hydrogen (secondary N) is 4. The number of hydrogen-bond acceptors (Lipinski definition) is 6. The van der Waals surface area contributed by atoms with E-state index >= 15 is 0 Å². The number of benzene rings is 1. The van der Waals surface area contributed by atoms with Crippen LogP contribution in [0.3, 0.4) is 0 Å². The zero-order valence-corrected chi connectivity index (χ0v) is 14.8. The van der Waals surface area contributed by atoms with Crippen molar-refractivity contribution >= 4 is 23.7 Å². The Kier molecular flexibility index (Phi) is 6.00. The molecule has 3 amide bonds. The van der Waals surface area contributed by atoms with Gasteiger partial charge < -0.3 is 20.7 Å². The normalized spacial score (nSPS) is 17.4. The Morgan fingerprint density at radius 3 is 2.71 bits per heavy atom. The lowest BCUT2D eigenvalue weighted by Crippen LogP contribution is -2.55. The third-order valence-electron chi connectivity index (χ3n) is 4.15. The number of alkyl carbamates (subject to hydrolysis) is 1. The van der Waals surface area contributed by atoms with Gasteiger partial charge in [-0.3, -0.25) is 19.5 Å². The number of H-pyrrole nitrogens is 1. The highest BCUT2D eigenvalue weighted by Crippen LogP contribution is 2.12. The number of piperidine rings is 1. The van der Waals surface area contributed by atoms with Crippen molar-refractivity contribution in [3.05, 3.63) is 53.9 Å². The summed E-state index contributed by atoms with van der Waals surface area (Å²) in [5.74, 6) is -2.13. The van der Waals surface area contributed by atoms with Gasteiger partial charge in [-0.25, -0.2) is 4.79 Å². The molecule has 1 aromatic carbocycles. The number of aromatic amines is 1. The van der Waals surface area contributed by atoms with Crippen molar-refractivity contribution in [2.24, 2.45) is 0 Å². The molecule has 4 N–H and O–H groups in total. The summed E-state index contributed by atoms with van der Waals surface area (Å²) in [4.78, 5) is 48.2. The predicted molar refractivity (Wildman–Crippen MR) is 95.7 cm³/mol. The van der Waals surface area contributed by atoms with E-state index in [1.165, 1.54) is 12.3 Å². The highest BCUT2D eigenvalue weighted by molar-refractivity contribution is 6.39. The third-order valence-corrected chi connectivity index (χ3v) is 4.15. The van der Waals surface area contributed by atoms with Crippen LogP contribution in [0.25, 0.3) is 0 Å². The first-order valence-electron chi connectivity index (χ1n) is 8.63. The summed E-state index contributed by atoms with van der Waals surface area (Å²) in [6.07, 6.45) is 0.877. The third kappa shape index (κ3) is 4.72. The van der Waals surface area contributed by atoms with Gasteiger partial charge in [0.2, 0.25) is 11.7 Å². The van der Waals surface area contributed by atoms with Crippen molar-refractivity contribution in [2.45, 2.75) is 25.1 Å². The first kappa shape index (κ1) is 19.1. The van der Waals surface area contributed by atoms with Gasteiger partial charge in [-0.1, -0.05) is 30.3 Å². The maximum atomic E-state index is 12.7. The topological polar surface area (TPSA) is 142 Å². The lowest BCUT2D eigenvalue weighted by Gasteiger charge is -2.24. The Bertz CT molecular complexity index is 853. The largest absolute Gasteiger partial charge is 0.445 e. The Hall–Kier alpha value is -3.69. The summed E-state index contributed by atoms with van der Waals surface area (Å²) < 4.78 is 5.14. The molecule has 1 aromatic heterocycles. The minimum absolute atomic E-state index is 0.0330. The molecule has 1 fully saturated rings. The van der Waals surface area contributed by atoms with Gasteiger partial charge >= 0.3 is 6.09 Å². The summed E-state index contributed by atoms with van der Waals surface area (Å²) in [7, 11) is 0. The second-order valence-corrected chi connectivity index (χ2v) is 6.12. The van der Waals surface area contributed by atoms with E-state index in [0.717, 1.165) is 5.56 Å². The molecule has 146 valence electrons. The van der Waals surface area contributed by atoms with Crippen molar-refractivity contribution in [3.8, 4) is 0 Å². The minimum Gasteiger partial charge on any atom is -0.445 e. The molecule has 2 heterocycles. The molecule has 0 saturated carbocycles. The van der Waals surface area contributed by atoms with Crippen molar-refractivity contribution in [2.75, 3.05) is 6.54 Å². The molecular formula is C18H19N5O5. The number of rotatable bonds is 6. The summed E-state index contributed by atoms with van der Waals surface area (Å²) in [6, 6.07) is 8.46. The maximum absolute atomic E-state index is 12.7. The first-order valence-corrected chi connectivity index (χ1v) is 8.63. The Morgan fingerprint density at radius 1 is 1.21 bits per heavy atom. The van der Waals surface area contributed by atoms with E-state index in [9.17, 15) is 19.2 Å². The van der Waals surface area contributed by atoms with Gasteiger partial charge in [0.05, 0.1) is 11.7 Å². The van der Waals surface area contributed by atoms with Crippen LogP contribution in [-0.4, -0.2) is 46.5 Å². The van der Waals surface area contributed by atoms with E-state index in [0.29, 0.717) is 5.69 Å². The van der Waals surface area contributed by atoms with Gasteiger partial charge in [0, 0.05) is 12.7 Å². The van der Waals surface area contributed by atoms with Crippen LogP contribution in [0.1, 0.15) is 23.7 Å². The second-order valence-electron chi connectivity index (χ2n) is 6.12. The molecule has 2 aromatic rings. The van der Waals surface area contributed by atoms with Crippen LogP contribution in [0.4, 0.5) is 4.79 Å². The molecule has 3 rings (SSSR count). The van der Waals surface area contributed by atoms with Crippen LogP contribution in [-0.2, 0) is 25.7 Å². The molecular weight excluding hydrogens is 366 g/mol. The van der Waals surface area contributed by atoms with E-state index in [-0.39, 0.29) is 19.6 Å². The van der Waals surface area contributed by atoms with Crippen molar-refractivity contribution in [1.29, 1.82) is 0 Å². The van der Waals surface area contributed by atoms with Gasteiger partial charge in [-0.2, -0.15) is 5.10 Å². The Labute approximate surface area is 160 Å². The number of carbonyl (C=O) groups excluding carboxylic acids is 4. The van der Waals surface area contributed by atoms with Gasteiger partial charge in [0.1, 0.15) is 6.61 Å². The average molecular weight is 385 g/mol. The lowest BCUT2D eigenvalue weighted by molar-refractivity contribution is -0.141. The van der Waals surface area contributed by atoms with Gasteiger partial charge in [0.15, 0.2) is 6.04 Å². The number of amides is 3. The molecule has 2 unspecified atom stereocenters. The number of Topliss-reactive ketones (excluding diaryl/α,β-unsaturated/α-hetero) is 1. The van der Waals surface area contributed by atoms with Crippen LogP contribution in [0.5, 0.6) is 0 Å². The monoisotopic (exact) mass is 385 g/mol. The Balaban J connectivity index is 1.64. The minimum atomic E-state index is -1.16. The van der Waals surface area contributed by atoms with Crippen LogP contribution in [0.15, 0.2) is 42.6 Å². The predicted octanol–water partition coefficient (Wildman–Crippen LogP) is -0.0490. The van der Waals surface area contributed by atoms with E-state index in [4.69, 9.17) is 4.74 Å². The van der Waals surface area contributed by atoms with Crippen LogP contribution >= 0.6 is 0 Å². The van der Waals surface area contributed by atoms with E-state index in [1.54, 1.807) is 12.1 Å². The number of ketones is 1. The fourth-order valence-electron chi connectivity index (χ4n) is 2.69. The first-order chi connectivity index (χ1) is 13.5. The fourth-order valence-corrected chi connectivity index (χ4v) is 2.69. The van der Waals surface area contributed by atoms with E-state index < -0.39 is 35.8 Å². The number of ether oxygens (including phenoxy) is 1. The molecule has 0 spiro atoms. The smallest absolute Gasteiger partial charge is 0.408 e. The SMILES string of the molecule is O=C(NC(C(=O)NC1CCNC(=O)C1=O)c1ccn[nH]1)OCc1ccccc1. The van der Waals surface area contributed by atoms with Crippen LogP contribution < -0.4 is 16.0 Å². The van der Waals surface area contributed by atoms with E-state index in [2.05, 4.69) is 26.1 Å². The molecule has 1 aliphatic rings. The van der Waals surface area contributed by atoms with Crippen LogP contribution in [0, 0.1) is 0 Å². The zero-order valence-electron chi connectivity index (χ0n) is 14.8. The van der Waals surface area contributed by atoms with Gasteiger partial charge in [-0.15, -0.1) is 0 Å². The highest BCUT2D eigenvalue weighted by atomic mass is 16.5. The maximum Gasteiger partial charge on any atom is 0.408 e. The molecule has 0 bridgehead atoms. The number of hydrogen-bond donors (Lipinski definition) is 4. The molecule has 0 aliphatic carbocycles. The molecule has 1 saturated heterocycles. The number of aromatic nitrogens is 2. The van der Waals surface area contributed by atoms with Crippen molar-refractivity contribution < 1.29 is 23.9 Å².